The standard InChI is InChI=1S/C22H43O8P/c1-4-5-6-7-8-9-10-11-12-13-14-15-16-17-22(24)28-18-21(30-20(2)23)19-29-31(25,26)27-3/h21H,4-19H2,1-3H3,(H,25,26)/t21-/m1/s1. The van der Waals surface area contributed by atoms with Crippen LogP contribution in [0.15, 0.2) is 0 Å². The summed E-state index contributed by atoms with van der Waals surface area (Å²) in [7, 11) is -3.17. The molecule has 1 unspecified atom stereocenters. The molecule has 0 aromatic rings. The normalized spacial score (nSPS) is 14.1. The van der Waals surface area contributed by atoms with E-state index in [9.17, 15) is 19.0 Å². The molecule has 0 aromatic heterocycles. The number of ether oxygens (including phenoxy) is 2. The Morgan fingerprint density at radius 3 is 1.77 bits per heavy atom. The van der Waals surface area contributed by atoms with Crippen LogP contribution in [0, 0.1) is 0 Å². The predicted octanol–water partition coefficient (Wildman–Crippen LogP) is 5.71. The van der Waals surface area contributed by atoms with E-state index in [1.165, 1.54) is 71.1 Å². The second-order valence-electron chi connectivity index (χ2n) is 7.85. The molecule has 2 atom stereocenters. The number of carbonyl (C=O) groups excluding carboxylic acids is 2. The molecule has 0 radical (unpaired) electrons. The second-order valence-corrected chi connectivity index (χ2v) is 9.41. The lowest BCUT2D eigenvalue weighted by Gasteiger charge is -2.18. The molecule has 0 spiro atoms. The number of carbonyl (C=O) groups is 2. The molecule has 31 heavy (non-hydrogen) atoms. The van der Waals surface area contributed by atoms with Gasteiger partial charge in [0.15, 0.2) is 6.10 Å². The Morgan fingerprint density at radius 1 is 0.839 bits per heavy atom. The molecule has 0 fully saturated rings. The van der Waals surface area contributed by atoms with Gasteiger partial charge in [-0.25, -0.2) is 4.57 Å². The summed E-state index contributed by atoms with van der Waals surface area (Å²) >= 11 is 0. The quantitative estimate of drug-likeness (QED) is 0.130. The smallest absolute Gasteiger partial charge is 0.462 e. The third-order valence-electron chi connectivity index (χ3n) is 4.90. The Bertz CT molecular complexity index is 512. The number of hydrogen-bond acceptors (Lipinski definition) is 7. The average molecular weight is 467 g/mol. The van der Waals surface area contributed by atoms with E-state index in [1.807, 2.05) is 0 Å². The third-order valence-corrected chi connectivity index (χ3v) is 5.84. The van der Waals surface area contributed by atoms with Crippen LogP contribution < -0.4 is 0 Å². The maximum absolute atomic E-state index is 11.9. The fourth-order valence-electron chi connectivity index (χ4n) is 3.13. The lowest BCUT2D eigenvalue weighted by molar-refractivity contribution is -0.159. The Kier molecular flexibility index (Phi) is 19.1. The molecule has 8 nitrogen and oxygen atoms in total. The van der Waals surface area contributed by atoms with Crippen LogP contribution in [0.3, 0.4) is 0 Å². The second kappa shape index (κ2) is 19.7. The van der Waals surface area contributed by atoms with Crippen LogP contribution in [-0.2, 0) is 32.7 Å². The van der Waals surface area contributed by atoms with Crippen LogP contribution >= 0.6 is 7.82 Å². The van der Waals surface area contributed by atoms with Crippen LogP contribution in [-0.4, -0.2) is 43.3 Å². The van der Waals surface area contributed by atoms with Crippen molar-refractivity contribution in [3.63, 3.8) is 0 Å². The van der Waals surface area contributed by atoms with Gasteiger partial charge in [-0.3, -0.25) is 18.6 Å². The molecule has 0 amide bonds. The summed E-state index contributed by atoms with van der Waals surface area (Å²) < 4.78 is 30.3. The summed E-state index contributed by atoms with van der Waals surface area (Å²) in [5.74, 6) is -0.995. The van der Waals surface area contributed by atoms with Gasteiger partial charge in [0.05, 0.1) is 6.61 Å². The van der Waals surface area contributed by atoms with Gasteiger partial charge in [0.2, 0.25) is 0 Å². The summed E-state index contributed by atoms with van der Waals surface area (Å²) in [6.07, 6.45) is 15.3. The van der Waals surface area contributed by atoms with E-state index in [0.29, 0.717) is 6.42 Å². The number of rotatable bonds is 21. The zero-order valence-corrected chi connectivity index (χ0v) is 20.5. The van der Waals surface area contributed by atoms with Crippen molar-refractivity contribution in [2.75, 3.05) is 20.3 Å². The van der Waals surface area contributed by atoms with E-state index in [1.54, 1.807) is 0 Å². The molecule has 0 saturated carbocycles. The van der Waals surface area contributed by atoms with Gasteiger partial charge in [0.25, 0.3) is 0 Å². The van der Waals surface area contributed by atoms with Gasteiger partial charge >= 0.3 is 19.8 Å². The lowest BCUT2D eigenvalue weighted by Crippen LogP contribution is -2.28. The fourth-order valence-corrected chi connectivity index (χ4v) is 3.59. The molecule has 0 heterocycles. The molecule has 0 aliphatic carbocycles. The van der Waals surface area contributed by atoms with Gasteiger partial charge in [-0.1, -0.05) is 84.0 Å². The predicted molar refractivity (Wildman–Crippen MR) is 120 cm³/mol. The number of phosphoric ester groups is 1. The first-order valence-corrected chi connectivity index (χ1v) is 13.2. The molecule has 9 heteroatoms. The Labute approximate surface area is 188 Å². The minimum absolute atomic E-state index is 0.236. The SMILES string of the molecule is CCCCCCCCCCCCCCCC(=O)OC[C@H](COP(=O)(O)OC)OC(C)=O. The van der Waals surface area contributed by atoms with Crippen molar-refractivity contribution in [1.29, 1.82) is 0 Å². The Morgan fingerprint density at radius 2 is 1.32 bits per heavy atom. The summed E-state index contributed by atoms with van der Waals surface area (Å²) in [6, 6.07) is 0. The summed E-state index contributed by atoms with van der Waals surface area (Å²) in [5.41, 5.74) is 0. The van der Waals surface area contributed by atoms with Crippen LogP contribution in [0.25, 0.3) is 0 Å². The highest BCUT2D eigenvalue weighted by Crippen LogP contribution is 2.42. The molecule has 0 saturated heterocycles. The van der Waals surface area contributed by atoms with E-state index in [-0.39, 0.29) is 12.6 Å². The Balaban J connectivity index is 3.71. The zero-order valence-electron chi connectivity index (χ0n) is 19.6. The summed E-state index contributed by atoms with van der Waals surface area (Å²) in [5, 5.41) is 0. The minimum Gasteiger partial charge on any atom is -0.462 e. The van der Waals surface area contributed by atoms with Gasteiger partial charge in [-0.15, -0.1) is 0 Å². The molecule has 1 N–H and O–H groups in total. The van der Waals surface area contributed by atoms with Crippen molar-refractivity contribution < 1.29 is 37.6 Å². The van der Waals surface area contributed by atoms with Gasteiger partial charge in [0.1, 0.15) is 6.61 Å². The summed E-state index contributed by atoms with van der Waals surface area (Å²) in [6.45, 7) is 2.79. The lowest BCUT2D eigenvalue weighted by atomic mass is 10.0. The van der Waals surface area contributed by atoms with Crippen LogP contribution in [0.5, 0.6) is 0 Å². The topological polar surface area (TPSA) is 108 Å². The maximum Gasteiger partial charge on any atom is 0.472 e. The van der Waals surface area contributed by atoms with E-state index in [2.05, 4.69) is 16.0 Å². The first kappa shape index (κ1) is 30.0. The first-order valence-electron chi connectivity index (χ1n) is 11.7. The molecule has 0 aliphatic rings. The van der Waals surface area contributed by atoms with Gasteiger partial charge in [-0.2, -0.15) is 0 Å². The molecule has 184 valence electrons. The van der Waals surface area contributed by atoms with E-state index in [0.717, 1.165) is 26.4 Å². The van der Waals surface area contributed by atoms with Crippen molar-refractivity contribution in [3.8, 4) is 0 Å². The van der Waals surface area contributed by atoms with Crippen LogP contribution in [0.1, 0.15) is 104 Å². The Hall–Kier alpha value is -0.950. The largest absolute Gasteiger partial charge is 0.472 e. The van der Waals surface area contributed by atoms with Gasteiger partial charge in [-0.05, 0) is 6.42 Å². The van der Waals surface area contributed by atoms with Gasteiger partial charge < -0.3 is 14.4 Å². The van der Waals surface area contributed by atoms with Crippen molar-refractivity contribution >= 4 is 19.8 Å². The minimum atomic E-state index is -4.19. The van der Waals surface area contributed by atoms with Crippen molar-refractivity contribution in [1.82, 2.24) is 0 Å². The van der Waals surface area contributed by atoms with E-state index in [4.69, 9.17) is 9.47 Å². The summed E-state index contributed by atoms with van der Waals surface area (Å²) in [4.78, 5) is 32.2. The highest BCUT2D eigenvalue weighted by molar-refractivity contribution is 7.47. The van der Waals surface area contributed by atoms with Crippen molar-refractivity contribution in [3.05, 3.63) is 0 Å². The molecule has 0 aliphatic heterocycles. The van der Waals surface area contributed by atoms with E-state index >= 15 is 0 Å². The molecular weight excluding hydrogens is 423 g/mol. The van der Waals surface area contributed by atoms with E-state index < -0.39 is 26.5 Å². The molecular formula is C22H43O8P. The molecule has 0 bridgehead atoms. The number of phosphoric acid groups is 1. The number of esters is 2. The van der Waals surface area contributed by atoms with Crippen LogP contribution in [0.2, 0.25) is 0 Å². The maximum atomic E-state index is 11.9. The highest BCUT2D eigenvalue weighted by atomic mass is 31.2. The fraction of sp³-hybridized carbons (Fsp3) is 0.909. The van der Waals surface area contributed by atoms with Crippen molar-refractivity contribution in [2.45, 2.75) is 110 Å². The number of hydrogen-bond donors (Lipinski definition) is 1. The zero-order chi connectivity index (χ0) is 23.4. The number of unbranched alkanes of at least 4 members (excludes halogenated alkanes) is 12. The molecule has 0 rings (SSSR count). The average Bonchev–Trinajstić information content (AvgIpc) is 2.73. The van der Waals surface area contributed by atoms with Crippen LogP contribution in [0.4, 0.5) is 0 Å². The highest BCUT2D eigenvalue weighted by Gasteiger charge is 2.24. The van der Waals surface area contributed by atoms with Gasteiger partial charge in [0, 0.05) is 20.5 Å². The molecule has 0 aromatic carbocycles. The first-order chi connectivity index (χ1) is 14.8. The monoisotopic (exact) mass is 466 g/mol. The van der Waals surface area contributed by atoms with Crippen molar-refractivity contribution in [2.24, 2.45) is 0 Å². The third kappa shape index (κ3) is 20.7.